The summed E-state index contributed by atoms with van der Waals surface area (Å²) in [6.07, 6.45) is 2.55. The third kappa shape index (κ3) is 3.30. The smallest absolute Gasteiger partial charge is 0.129 e. The van der Waals surface area contributed by atoms with Crippen LogP contribution in [0.5, 0.6) is 0 Å². The van der Waals surface area contributed by atoms with Crippen molar-refractivity contribution in [3.8, 4) is 0 Å². The van der Waals surface area contributed by atoms with Crippen LogP contribution in [-0.2, 0) is 19.7 Å². The number of nitrogens with zero attached hydrogens (tertiary/aromatic N) is 1. The molecule has 1 fully saturated rings. The molecule has 0 spiro atoms. The standard InChI is InChI=1S/C17H21NO2/c1-13-3-2-4-14(9-13)10-18(15-5-6-15)11-16-7-8-17(12-19)20-16/h2-4,7-9,15,19H,5-6,10-12H2,1H3. The fourth-order valence-corrected chi connectivity index (χ4v) is 2.59. The summed E-state index contributed by atoms with van der Waals surface area (Å²) in [5.74, 6) is 1.58. The molecule has 1 aromatic carbocycles. The van der Waals surface area contributed by atoms with Crippen LogP contribution in [-0.4, -0.2) is 16.0 Å². The van der Waals surface area contributed by atoms with E-state index in [0.717, 1.165) is 18.8 Å². The number of aliphatic hydroxyl groups is 1. The molecule has 0 unspecified atom stereocenters. The SMILES string of the molecule is Cc1cccc(CN(Cc2ccc(CO)o2)C2CC2)c1. The van der Waals surface area contributed by atoms with Crippen molar-refractivity contribution in [2.24, 2.45) is 0 Å². The van der Waals surface area contributed by atoms with Crippen LogP contribution in [0.3, 0.4) is 0 Å². The summed E-state index contributed by atoms with van der Waals surface area (Å²) in [5, 5.41) is 9.06. The lowest BCUT2D eigenvalue weighted by molar-refractivity contribution is 0.208. The van der Waals surface area contributed by atoms with Crippen molar-refractivity contribution >= 4 is 0 Å². The molecule has 0 amide bonds. The van der Waals surface area contributed by atoms with E-state index in [1.54, 1.807) is 0 Å². The molecular formula is C17H21NO2. The van der Waals surface area contributed by atoms with Crippen LogP contribution in [0.15, 0.2) is 40.8 Å². The molecule has 106 valence electrons. The van der Waals surface area contributed by atoms with Gasteiger partial charge in [-0.2, -0.15) is 0 Å². The fourth-order valence-electron chi connectivity index (χ4n) is 2.59. The van der Waals surface area contributed by atoms with E-state index < -0.39 is 0 Å². The molecule has 3 rings (SSSR count). The maximum Gasteiger partial charge on any atom is 0.129 e. The van der Waals surface area contributed by atoms with Crippen molar-refractivity contribution in [2.45, 2.75) is 45.5 Å². The van der Waals surface area contributed by atoms with E-state index in [9.17, 15) is 0 Å². The molecule has 1 saturated carbocycles. The Morgan fingerprint density at radius 2 is 1.95 bits per heavy atom. The highest BCUT2D eigenvalue weighted by molar-refractivity contribution is 5.22. The Morgan fingerprint density at radius 1 is 1.15 bits per heavy atom. The Labute approximate surface area is 119 Å². The van der Waals surface area contributed by atoms with Gasteiger partial charge in [-0.3, -0.25) is 4.90 Å². The van der Waals surface area contributed by atoms with Gasteiger partial charge in [-0.25, -0.2) is 0 Å². The second-order valence-corrected chi connectivity index (χ2v) is 5.65. The highest BCUT2D eigenvalue weighted by Gasteiger charge is 2.29. The second-order valence-electron chi connectivity index (χ2n) is 5.65. The lowest BCUT2D eigenvalue weighted by atomic mass is 10.1. The van der Waals surface area contributed by atoms with E-state index in [1.165, 1.54) is 24.0 Å². The van der Waals surface area contributed by atoms with E-state index in [0.29, 0.717) is 11.8 Å². The maximum atomic E-state index is 9.06. The van der Waals surface area contributed by atoms with Gasteiger partial charge in [-0.05, 0) is 37.5 Å². The number of aryl methyl sites for hydroxylation is 1. The Balaban J connectivity index is 1.69. The molecule has 3 nitrogen and oxygen atoms in total. The average molecular weight is 271 g/mol. The highest BCUT2D eigenvalue weighted by atomic mass is 16.4. The van der Waals surface area contributed by atoms with Crippen LogP contribution in [0, 0.1) is 6.92 Å². The van der Waals surface area contributed by atoms with Crippen molar-refractivity contribution in [3.05, 3.63) is 59.0 Å². The van der Waals surface area contributed by atoms with Gasteiger partial charge in [0.1, 0.15) is 18.1 Å². The summed E-state index contributed by atoms with van der Waals surface area (Å²) in [5.41, 5.74) is 2.66. The largest absolute Gasteiger partial charge is 0.462 e. The molecule has 1 aliphatic carbocycles. The van der Waals surface area contributed by atoms with Crippen molar-refractivity contribution < 1.29 is 9.52 Å². The first-order valence-electron chi connectivity index (χ1n) is 7.22. The number of benzene rings is 1. The highest BCUT2D eigenvalue weighted by Crippen LogP contribution is 2.30. The van der Waals surface area contributed by atoms with Gasteiger partial charge in [-0.1, -0.05) is 29.8 Å². The fraction of sp³-hybridized carbons (Fsp3) is 0.412. The first-order valence-corrected chi connectivity index (χ1v) is 7.22. The van der Waals surface area contributed by atoms with E-state index in [4.69, 9.17) is 9.52 Å². The number of furan rings is 1. The Morgan fingerprint density at radius 3 is 2.60 bits per heavy atom. The predicted molar refractivity (Wildman–Crippen MR) is 78.1 cm³/mol. The first-order chi connectivity index (χ1) is 9.74. The molecule has 1 N–H and O–H groups in total. The zero-order valence-electron chi connectivity index (χ0n) is 11.9. The predicted octanol–water partition coefficient (Wildman–Crippen LogP) is 3.24. The van der Waals surface area contributed by atoms with E-state index in [2.05, 4.69) is 36.1 Å². The number of hydrogen-bond donors (Lipinski definition) is 1. The van der Waals surface area contributed by atoms with Crippen LogP contribution < -0.4 is 0 Å². The number of aliphatic hydroxyl groups excluding tert-OH is 1. The topological polar surface area (TPSA) is 36.6 Å². The van der Waals surface area contributed by atoms with Gasteiger partial charge >= 0.3 is 0 Å². The van der Waals surface area contributed by atoms with Crippen molar-refractivity contribution in [1.29, 1.82) is 0 Å². The molecule has 2 aromatic rings. The zero-order valence-corrected chi connectivity index (χ0v) is 11.9. The molecule has 1 aromatic heterocycles. The van der Waals surface area contributed by atoms with Gasteiger partial charge < -0.3 is 9.52 Å². The Bertz CT molecular complexity index is 572. The molecule has 0 atom stereocenters. The minimum Gasteiger partial charge on any atom is -0.462 e. The Hall–Kier alpha value is -1.58. The summed E-state index contributed by atoms with van der Waals surface area (Å²) in [6, 6.07) is 13.2. The lowest BCUT2D eigenvalue weighted by Gasteiger charge is -2.21. The second kappa shape index (κ2) is 5.81. The molecular weight excluding hydrogens is 250 g/mol. The van der Waals surface area contributed by atoms with Crippen LogP contribution in [0.1, 0.15) is 35.5 Å². The molecule has 1 aliphatic rings. The lowest BCUT2D eigenvalue weighted by Crippen LogP contribution is -2.24. The van der Waals surface area contributed by atoms with Crippen molar-refractivity contribution in [1.82, 2.24) is 4.90 Å². The molecule has 0 bridgehead atoms. The average Bonchev–Trinajstić information content (AvgIpc) is 3.19. The van der Waals surface area contributed by atoms with Crippen LogP contribution >= 0.6 is 0 Å². The molecule has 20 heavy (non-hydrogen) atoms. The van der Waals surface area contributed by atoms with Crippen molar-refractivity contribution in [3.63, 3.8) is 0 Å². The van der Waals surface area contributed by atoms with Gasteiger partial charge in [-0.15, -0.1) is 0 Å². The molecule has 1 heterocycles. The summed E-state index contributed by atoms with van der Waals surface area (Å²) in [4.78, 5) is 2.47. The van der Waals surface area contributed by atoms with E-state index >= 15 is 0 Å². The van der Waals surface area contributed by atoms with E-state index in [1.807, 2.05) is 12.1 Å². The third-order valence-electron chi connectivity index (χ3n) is 3.76. The van der Waals surface area contributed by atoms with E-state index in [-0.39, 0.29) is 6.61 Å². The summed E-state index contributed by atoms with van der Waals surface area (Å²) < 4.78 is 5.61. The summed E-state index contributed by atoms with van der Waals surface area (Å²) in [6.45, 7) is 3.88. The Kier molecular flexibility index (Phi) is 3.90. The van der Waals surface area contributed by atoms with Gasteiger partial charge in [0.05, 0.1) is 6.54 Å². The zero-order chi connectivity index (χ0) is 13.9. The van der Waals surface area contributed by atoms with Crippen LogP contribution in [0.4, 0.5) is 0 Å². The summed E-state index contributed by atoms with van der Waals surface area (Å²) >= 11 is 0. The minimum atomic E-state index is -0.0265. The quantitative estimate of drug-likeness (QED) is 0.876. The minimum absolute atomic E-state index is 0.0265. The monoisotopic (exact) mass is 271 g/mol. The normalized spacial score (nSPS) is 14.9. The van der Waals surface area contributed by atoms with Gasteiger partial charge in [0.25, 0.3) is 0 Å². The number of hydrogen-bond acceptors (Lipinski definition) is 3. The molecule has 0 saturated heterocycles. The molecule has 3 heteroatoms. The van der Waals surface area contributed by atoms with Crippen molar-refractivity contribution in [2.75, 3.05) is 0 Å². The van der Waals surface area contributed by atoms with Gasteiger partial charge in [0.2, 0.25) is 0 Å². The molecule has 0 aliphatic heterocycles. The molecule has 0 radical (unpaired) electrons. The number of rotatable bonds is 6. The summed E-state index contributed by atoms with van der Waals surface area (Å²) in [7, 11) is 0. The third-order valence-corrected chi connectivity index (χ3v) is 3.76. The first kappa shape index (κ1) is 13.4. The van der Waals surface area contributed by atoms with Crippen LogP contribution in [0.2, 0.25) is 0 Å². The van der Waals surface area contributed by atoms with Crippen LogP contribution in [0.25, 0.3) is 0 Å². The van der Waals surface area contributed by atoms with Gasteiger partial charge in [0.15, 0.2) is 0 Å². The van der Waals surface area contributed by atoms with Gasteiger partial charge in [0, 0.05) is 12.6 Å². The maximum absolute atomic E-state index is 9.06.